The summed E-state index contributed by atoms with van der Waals surface area (Å²) in [5, 5.41) is 0. The minimum Gasteiger partial charge on any atom is -0.311 e. The van der Waals surface area contributed by atoms with Crippen LogP contribution >= 0.6 is 0 Å². The number of hydrogen-bond acceptors (Lipinski definition) is 2. The molecule has 5 aliphatic rings. The predicted octanol–water partition coefficient (Wildman–Crippen LogP) is 19.2. The summed E-state index contributed by atoms with van der Waals surface area (Å²) in [4.78, 5) is 5.30. The van der Waals surface area contributed by atoms with E-state index in [2.05, 4.69) is 294 Å². The van der Waals surface area contributed by atoms with Gasteiger partial charge in [0.15, 0.2) is 0 Å². The second-order valence-corrected chi connectivity index (χ2v) is 28.1. The van der Waals surface area contributed by atoms with E-state index in [1.807, 2.05) is 0 Å². The Kier molecular flexibility index (Phi) is 11.3. The summed E-state index contributed by atoms with van der Waals surface area (Å²) in [6, 6.07) is 73.2. The lowest BCUT2D eigenvalue weighted by Gasteiger charge is -2.46. The van der Waals surface area contributed by atoms with Crippen LogP contribution in [0.1, 0.15) is 147 Å². The molecule has 0 fully saturated rings. The SMILES string of the molecule is CC(C)(C)c1ccc2c(c1)B1c3ccc(C(C)(C)C)cc3N(c3ccc(-c4cccc5c4-c4ccccc4C5(C)C)cc3)c3cc(C(C)(C)C)cc(c31)N2c1ccc(C2=CCCC3=C2c2ccccc2C3(C)C)cc1-c1ccccc1. The van der Waals surface area contributed by atoms with Crippen LogP contribution in [0, 0.1) is 0 Å². The van der Waals surface area contributed by atoms with Crippen molar-refractivity contribution in [1.29, 1.82) is 0 Å². The molecule has 0 saturated heterocycles. The molecule has 2 nitrogen and oxygen atoms in total. The largest absolute Gasteiger partial charge is 0.311 e. The first-order valence-electron chi connectivity index (χ1n) is 29.8. The molecule has 0 atom stereocenters. The topological polar surface area (TPSA) is 6.48 Å². The van der Waals surface area contributed by atoms with Gasteiger partial charge in [0, 0.05) is 44.8 Å². The summed E-state index contributed by atoms with van der Waals surface area (Å²) < 4.78 is 0. The first-order valence-corrected chi connectivity index (χ1v) is 29.8. The van der Waals surface area contributed by atoms with Gasteiger partial charge in [0.05, 0.1) is 5.69 Å². The summed E-state index contributed by atoms with van der Waals surface area (Å²) >= 11 is 0. The molecule has 0 radical (unpaired) electrons. The maximum atomic E-state index is 2.66. The van der Waals surface area contributed by atoms with Crippen LogP contribution in [0.3, 0.4) is 0 Å². The fourth-order valence-electron chi connectivity index (χ4n) is 14.8. The minimum absolute atomic E-state index is 0.0140. The zero-order valence-electron chi connectivity index (χ0n) is 49.9. The van der Waals surface area contributed by atoms with Gasteiger partial charge in [0.2, 0.25) is 0 Å². The molecule has 9 aromatic carbocycles. The molecular formula is C78H75BN2. The molecule has 0 N–H and O–H groups in total. The Balaban J connectivity index is 1.02. The molecular weight excluding hydrogens is 976 g/mol. The highest BCUT2D eigenvalue weighted by atomic mass is 15.2. The second kappa shape index (κ2) is 17.8. The molecule has 2 heterocycles. The van der Waals surface area contributed by atoms with Crippen LogP contribution in [0.25, 0.3) is 44.5 Å². The Hall–Kier alpha value is -7.88. The van der Waals surface area contributed by atoms with Crippen molar-refractivity contribution in [2.75, 3.05) is 9.80 Å². The van der Waals surface area contributed by atoms with Crippen LogP contribution in [-0.4, -0.2) is 6.71 Å². The highest BCUT2D eigenvalue weighted by molar-refractivity contribution is 7.00. The van der Waals surface area contributed by atoms with Gasteiger partial charge in [0.1, 0.15) is 0 Å². The van der Waals surface area contributed by atoms with E-state index in [0.717, 1.165) is 18.5 Å². The molecule has 0 unspecified atom stereocenters. The smallest absolute Gasteiger partial charge is 0.252 e. The van der Waals surface area contributed by atoms with Crippen LogP contribution in [0.15, 0.2) is 200 Å². The van der Waals surface area contributed by atoms with E-state index in [1.165, 1.54) is 134 Å². The van der Waals surface area contributed by atoms with Crippen molar-refractivity contribution in [2.45, 2.75) is 130 Å². The van der Waals surface area contributed by atoms with Crippen molar-refractivity contribution in [3.05, 3.63) is 244 Å². The lowest BCUT2D eigenvalue weighted by Crippen LogP contribution is -2.61. The first kappa shape index (κ1) is 51.3. The van der Waals surface area contributed by atoms with Gasteiger partial charge < -0.3 is 9.80 Å². The molecule has 0 spiro atoms. The first-order chi connectivity index (χ1) is 38.6. The van der Waals surface area contributed by atoms with E-state index in [0.29, 0.717) is 0 Å². The molecule has 3 aliphatic carbocycles. The summed E-state index contributed by atoms with van der Waals surface area (Å²) in [7, 11) is 0. The van der Waals surface area contributed by atoms with Crippen molar-refractivity contribution in [3.63, 3.8) is 0 Å². The van der Waals surface area contributed by atoms with E-state index in [-0.39, 0.29) is 33.8 Å². The van der Waals surface area contributed by atoms with Gasteiger partial charge >= 0.3 is 0 Å². The highest BCUT2D eigenvalue weighted by Gasteiger charge is 2.46. The average Bonchev–Trinajstić information content (AvgIpc) is 2.17. The number of benzene rings is 9. The van der Waals surface area contributed by atoms with Gasteiger partial charge in [-0.05, 0) is 177 Å². The highest BCUT2D eigenvalue weighted by Crippen LogP contribution is 2.57. The van der Waals surface area contributed by atoms with Crippen LogP contribution < -0.4 is 26.2 Å². The third-order valence-electron chi connectivity index (χ3n) is 19.3. The number of rotatable bonds is 5. The fourth-order valence-corrected chi connectivity index (χ4v) is 14.8. The lowest BCUT2D eigenvalue weighted by atomic mass is 9.33. The van der Waals surface area contributed by atoms with Gasteiger partial charge in [-0.2, -0.15) is 0 Å². The van der Waals surface area contributed by atoms with E-state index in [9.17, 15) is 0 Å². The Morgan fingerprint density at radius 2 is 0.951 bits per heavy atom. The normalized spacial score (nSPS) is 16.3. The summed E-state index contributed by atoms with van der Waals surface area (Å²) in [5.74, 6) is 0. The van der Waals surface area contributed by atoms with Gasteiger partial charge in [0.25, 0.3) is 6.71 Å². The zero-order valence-corrected chi connectivity index (χ0v) is 49.9. The maximum absolute atomic E-state index is 2.66. The van der Waals surface area contributed by atoms with E-state index >= 15 is 0 Å². The monoisotopic (exact) mass is 1050 g/mol. The molecule has 9 aromatic rings. The number of hydrogen-bond donors (Lipinski definition) is 0. The van der Waals surface area contributed by atoms with Gasteiger partial charge in [-0.1, -0.05) is 241 Å². The van der Waals surface area contributed by atoms with E-state index < -0.39 is 0 Å². The molecule has 0 saturated carbocycles. The molecule has 0 aromatic heterocycles. The van der Waals surface area contributed by atoms with Crippen LogP contribution in [0.2, 0.25) is 0 Å². The number of allylic oxidation sites excluding steroid dienone is 4. The fraction of sp³-hybridized carbons (Fsp3) is 0.256. The molecule has 2 aliphatic heterocycles. The average molecular weight is 1050 g/mol. The van der Waals surface area contributed by atoms with Crippen LogP contribution in [0.4, 0.5) is 34.1 Å². The van der Waals surface area contributed by atoms with Gasteiger partial charge in [-0.3, -0.25) is 0 Å². The minimum atomic E-state index is -0.166. The van der Waals surface area contributed by atoms with Crippen LogP contribution in [0.5, 0.6) is 0 Å². The third-order valence-corrected chi connectivity index (χ3v) is 19.3. The number of fused-ring (bicyclic) bond motifs is 9. The van der Waals surface area contributed by atoms with E-state index in [4.69, 9.17) is 0 Å². The number of nitrogens with zero attached hydrogens (tertiary/aromatic N) is 2. The maximum Gasteiger partial charge on any atom is 0.252 e. The summed E-state index contributed by atoms with van der Waals surface area (Å²) in [6.07, 6.45) is 4.65. The second-order valence-electron chi connectivity index (χ2n) is 28.1. The Morgan fingerprint density at radius 3 is 1.65 bits per heavy atom. The van der Waals surface area contributed by atoms with Crippen molar-refractivity contribution >= 4 is 68.4 Å². The van der Waals surface area contributed by atoms with E-state index in [1.54, 1.807) is 5.57 Å². The predicted molar refractivity (Wildman–Crippen MR) is 349 cm³/mol. The zero-order chi connectivity index (χ0) is 56.3. The third kappa shape index (κ3) is 7.81. The van der Waals surface area contributed by atoms with Gasteiger partial charge in [-0.15, -0.1) is 0 Å². The lowest BCUT2D eigenvalue weighted by molar-refractivity contribution is 0.589. The Labute approximate surface area is 483 Å². The molecule has 0 bridgehead atoms. The standard InChI is InChI=1S/C78H75BN2/c1-74(2,3)51-37-42-67-65(44-51)79-64-40-36-52(75(4,5)6)45-68(64)80(54-38-33-49(34-39-54)55-27-21-31-62-71(55)57-25-17-19-29-60(57)77(62,10)11)69-46-53(76(7,8)9)47-70(73(69)79)81(67)66-41-35-50(43-59(66)48-23-15-14-16-24-48)56-28-22-32-63-72(56)58-26-18-20-30-61(58)78(63,12)13/h14-21,23-31,33-47H,22,32H2,1-13H3. The summed E-state index contributed by atoms with van der Waals surface area (Å²) in [6.45, 7) is 30.9. The number of anilines is 6. The molecule has 14 rings (SSSR count). The molecule has 0 amide bonds. The quantitative estimate of drug-likeness (QED) is 0.159. The summed E-state index contributed by atoms with van der Waals surface area (Å²) in [5.41, 5.74) is 33.8. The Morgan fingerprint density at radius 1 is 0.395 bits per heavy atom. The molecule has 400 valence electrons. The Bertz CT molecular complexity index is 4160. The molecule has 81 heavy (non-hydrogen) atoms. The van der Waals surface area contributed by atoms with Gasteiger partial charge in [-0.25, -0.2) is 0 Å². The van der Waals surface area contributed by atoms with Crippen LogP contribution in [-0.2, 0) is 27.1 Å². The van der Waals surface area contributed by atoms with Crippen molar-refractivity contribution < 1.29 is 0 Å². The van der Waals surface area contributed by atoms with Crippen molar-refractivity contribution in [1.82, 2.24) is 0 Å². The molecule has 3 heteroatoms. The van der Waals surface area contributed by atoms with Crippen molar-refractivity contribution in [2.24, 2.45) is 0 Å². The van der Waals surface area contributed by atoms with Crippen molar-refractivity contribution in [3.8, 4) is 33.4 Å².